The second-order valence-electron chi connectivity index (χ2n) is 5.85. The molecule has 3 nitrogen and oxygen atoms in total. The van der Waals surface area contributed by atoms with Crippen LogP contribution in [0.2, 0.25) is 0 Å². The minimum absolute atomic E-state index is 0.473. The van der Waals surface area contributed by atoms with Crippen LogP contribution >= 0.6 is 0 Å². The normalized spacial score (nSPS) is 20.0. The zero-order chi connectivity index (χ0) is 16.1. The summed E-state index contributed by atoms with van der Waals surface area (Å²) in [6, 6.07) is 20.5. The van der Waals surface area contributed by atoms with E-state index in [1.807, 2.05) is 36.4 Å². The van der Waals surface area contributed by atoms with Crippen LogP contribution in [0.5, 0.6) is 0 Å². The topological polar surface area (TPSA) is 41.8 Å². The molecule has 3 heteroatoms. The van der Waals surface area contributed by atoms with Gasteiger partial charge in [-0.25, -0.2) is 4.99 Å². The Kier molecular flexibility index (Phi) is 4.47. The van der Waals surface area contributed by atoms with Crippen LogP contribution in [0.3, 0.4) is 0 Å². The first-order valence-electron chi connectivity index (χ1n) is 7.96. The smallest absolute Gasteiger partial charge is 0.127 e. The molecule has 0 spiro atoms. The van der Waals surface area contributed by atoms with Crippen molar-refractivity contribution in [2.75, 3.05) is 0 Å². The van der Waals surface area contributed by atoms with Crippen LogP contribution in [0.4, 0.5) is 0 Å². The van der Waals surface area contributed by atoms with Crippen molar-refractivity contribution in [2.24, 2.45) is 9.98 Å². The molecule has 0 aromatic heterocycles. The first-order chi connectivity index (χ1) is 11.2. The highest BCUT2D eigenvalue weighted by atomic mass is 16.1. The van der Waals surface area contributed by atoms with E-state index < -0.39 is 5.54 Å². The molecule has 1 unspecified atom stereocenters. The van der Waals surface area contributed by atoms with E-state index >= 15 is 0 Å². The molecule has 0 saturated heterocycles. The van der Waals surface area contributed by atoms with Crippen molar-refractivity contribution >= 4 is 17.8 Å². The van der Waals surface area contributed by atoms with Gasteiger partial charge >= 0.3 is 0 Å². The predicted octanol–water partition coefficient (Wildman–Crippen LogP) is 4.17. The molecule has 2 aromatic rings. The Morgan fingerprint density at radius 3 is 2.30 bits per heavy atom. The zero-order valence-electron chi connectivity index (χ0n) is 13.3. The summed E-state index contributed by atoms with van der Waals surface area (Å²) in [7, 11) is 0. The van der Waals surface area contributed by atoms with Gasteiger partial charge in [0.05, 0.1) is 5.71 Å². The fourth-order valence-corrected chi connectivity index (χ4v) is 2.93. The van der Waals surface area contributed by atoms with Crippen molar-refractivity contribution in [3.8, 4) is 0 Å². The Labute approximate surface area is 136 Å². The summed E-state index contributed by atoms with van der Waals surface area (Å²) in [6.07, 6.45) is 3.03. The molecule has 0 amide bonds. The number of amidine groups is 1. The molecule has 1 atom stereocenters. The summed E-state index contributed by atoms with van der Waals surface area (Å²) in [4.78, 5) is 20.3. The van der Waals surface area contributed by atoms with Gasteiger partial charge in [0.15, 0.2) is 0 Å². The van der Waals surface area contributed by atoms with Crippen LogP contribution in [-0.2, 0) is 10.3 Å². The largest absolute Gasteiger partial charge is 0.303 e. The molecule has 1 aliphatic rings. The van der Waals surface area contributed by atoms with Crippen molar-refractivity contribution in [1.29, 1.82) is 0 Å². The first-order valence-corrected chi connectivity index (χ1v) is 7.96. The average Bonchev–Trinajstić information content (AvgIpc) is 2.95. The van der Waals surface area contributed by atoms with Crippen LogP contribution in [0.15, 0.2) is 70.6 Å². The Morgan fingerprint density at radius 2 is 1.65 bits per heavy atom. The molecule has 23 heavy (non-hydrogen) atoms. The summed E-state index contributed by atoms with van der Waals surface area (Å²) >= 11 is 0. The number of benzene rings is 2. The number of rotatable bonds is 6. The zero-order valence-corrected chi connectivity index (χ0v) is 13.3. The predicted molar refractivity (Wildman–Crippen MR) is 94.1 cm³/mol. The lowest BCUT2D eigenvalue weighted by atomic mass is 9.84. The molecule has 0 saturated carbocycles. The molecule has 1 heterocycles. The lowest BCUT2D eigenvalue weighted by molar-refractivity contribution is -0.107. The van der Waals surface area contributed by atoms with Gasteiger partial charge in [0.25, 0.3) is 0 Å². The Morgan fingerprint density at radius 1 is 1.00 bits per heavy atom. The highest BCUT2D eigenvalue weighted by Crippen LogP contribution is 2.35. The molecule has 116 valence electrons. The number of aldehydes is 1. The lowest BCUT2D eigenvalue weighted by Crippen LogP contribution is -2.28. The van der Waals surface area contributed by atoms with Gasteiger partial charge in [-0.15, -0.1) is 0 Å². The molecular weight excluding hydrogens is 284 g/mol. The monoisotopic (exact) mass is 304 g/mol. The molecule has 0 fully saturated rings. The van der Waals surface area contributed by atoms with Gasteiger partial charge in [0.1, 0.15) is 17.7 Å². The number of carbonyl (C=O) groups excluding carboxylic acids is 1. The highest BCUT2D eigenvalue weighted by molar-refractivity contribution is 6.17. The third kappa shape index (κ3) is 3.14. The van der Waals surface area contributed by atoms with Crippen LogP contribution in [-0.4, -0.2) is 17.8 Å². The summed E-state index contributed by atoms with van der Waals surface area (Å²) in [5.74, 6) is 0.831. The lowest BCUT2D eigenvalue weighted by Gasteiger charge is -2.24. The fraction of sp³-hybridized carbons (Fsp3) is 0.250. The van der Waals surface area contributed by atoms with E-state index in [2.05, 4.69) is 31.2 Å². The van der Waals surface area contributed by atoms with Crippen LogP contribution in [0, 0.1) is 0 Å². The minimum Gasteiger partial charge on any atom is -0.303 e. The highest BCUT2D eigenvalue weighted by Gasteiger charge is 2.37. The maximum atomic E-state index is 10.5. The van der Waals surface area contributed by atoms with E-state index in [1.165, 1.54) is 0 Å². The van der Waals surface area contributed by atoms with E-state index in [9.17, 15) is 4.79 Å². The standard InChI is InChI=1S/C20H20N2O/c1-20(17-12-6-3-7-13-17)19(16-10-4-2-5-11-16)21-18(22-20)14-8-9-15-23/h2-7,10-13,15H,8-9,14H2,1H3. The Bertz CT molecular complexity index is 735. The second kappa shape index (κ2) is 6.69. The molecular formula is C20H20N2O. The van der Waals surface area contributed by atoms with E-state index in [4.69, 9.17) is 9.98 Å². The molecule has 0 bridgehead atoms. The molecule has 2 aromatic carbocycles. The van der Waals surface area contributed by atoms with Crippen LogP contribution in [0.25, 0.3) is 0 Å². The van der Waals surface area contributed by atoms with Crippen molar-refractivity contribution in [1.82, 2.24) is 0 Å². The van der Waals surface area contributed by atoms with E-state index in [1.54, 1.807) is 0 Å². The van der Waals surface area contributed by atoms with Gasteiger partial charge in [-0.3, -0.25) is 4.99 Å². The maximum absolute atomic E-state index is 10.5. The number of hydrogen-bond donors (Lipinski definition) is 0. The van der Waals surface area contributed by atoms with Crippen LogP contribution in [0.1, 0.15) is 37.3 Å². The number of aliphatic imine (C=N–C) groups is 2. The van der Waals surface area contributed by atoms with Gasteiger partial charge in [0, 0.05) is 12.8 Å². The average molecular weight is 304 g/mol. The van der Waals surface area contributed by atoms with E-state index in [0.717, 1.165) is 41.8 Å². The first kappa shape index (κ1) is 15.3. The summed E-state index contributed by atoms with van der Waals surface area (Å²) in [6.45, 7) is 2.11. The van der Waals surface area contributed by atoms with Crippen molar-refractivity contribution < 1.29 is 4.79 Å². The second-order valence-corrected chi connectivity index (χ2v) is 5.85. The minimum atomic E-state index is -0.473. The molecule has 1 aliphatic heterocycles. The van der Waals surface area contributed by atoms with E-state index in [-0.39, 0.29) is 0 Å². The SMILES string of the molecule is CC1(c2ccccc2)N=C(CCCC=O)N=C1c1ccccc1. The van der Waals surface area contributed by atoms with Gasteiger partial charge in [0.2, 0.25) is 0 Å². The Balaban J connectivity index is 2.00. The molecule has 3 rings (SSSR count). The van der Waals surface area contributed by atoms with Crippen LogP contribution < -0.4 is 0 Å². The number of hydrogen-bond acceptors (Lipinski definition) is 3. The maximum Gasteiger partial charge on any atom is 0.127 e. The summed E-state index contributed by atoms with van der Waals surface area (Å²) < 4.78 is 0. The summed E-state index contributed by atoms with van der Waals surface area (Å²) in [5.41, 5.74) is 2.73. The van der Waals surface area contributed by atoms with Crippen molar-refractivity contribution in [3.05, 3.63) is 71.8 Å². The number of carbonyl (C=O) groups is 1. The Hall–Kier alpha value is -2.55. The van der Waals surface area contributed by atoms with Gasteiger partial charge < -0.3 is 4.79 Å². The molecule has 0 N–H and O–H groups in total. The van der Waals surface area contributed by atoms with Gasteiger partial charge in [-0.1, -0.05) is 60.7 Å². The van der Waals surface area contributed by atoms with E-state index in [0.29, 0.717) is 6.42 Å². The summed E-state index contributed by atoms with van der Waals surface area (Å²) in [5, 5.41) is 0. The number of nitrogens with zero attached hydrogens (tertiary/aromatic N) is 2. The molecule has 0 aliphatic carbocycles. The quantitative estimate of drug-likeness (QED) is 0.583. The van der Waals surface area contributed by atoms with Gasteiger partial charge in [-0.05, 0) is 24.5 Å². The fourth-order valence-electron chi connectivity index (χ4n) is 2.93. The van der Waals surface area contributed by atoms with Crippen molar-refractivity contribution in [3.63, 3.8) is 0 Å². The third-order valence-corrected chi connectivity index (χ3v) is 4.16. The third-order valence-electron chi connectivity index (χ3n) is 4.16. The molecule has 0 radical (unpaired) electrons. The van der Waals surface area contributed by atoms with Gasteiger partial charge in [-0.2, -0.15) is 0 Å². The number of unbranched alkanes of at least 4 members (excludes halogenated alkanes) is 1. The van der Waals surface area contributed by atoms with Crippen molar-refractivity contribution in [2.45, 2.75) is 31.7 Å².